The van der Waals surface area contributed by atoms with Gasteiger partial charge in [-0.2, -0.15) is 4.98 Å². The highest BCUT2D eigenvalue weighted by molar-refractivity contribution is 5.35. The number of rotatable bonds is 3. The van der Waals surface area contributed by atoms with Crippen LogP contribution in [-0.4, -0.2) is 23.4 Å². The van der Waals surface area contributed by atoms with E-state index in [9.17, 15) is 0 Å². The zero-order valence-electron chi connectivity index (χ0n) is 14.3. The number of ether oxygens (including phenoxy) is 1. The van der Waals surface area contributed by atoms with Crippen molar-refractivity contribution in [2.75, 3.05) is 13.2 Å². The number of benzene rings is 1. The number of hydrogen-bond donors (Lipinski definition) is 1. The van der Waals surface area contributed by atoms with Gasteiger partial charge in [-0.15, -0.1) is 0 Å². The van der Waals surface area contributed by atoms with Gasteiger partial charge in [-0.25, -0.2) is 0 Å². The SMILES string of the molecule is Cc1ccc(C2(c3nc(C4(N)CCCC4)no3)CCOCC2)cc1. The molecule has 1 aliphatic carbocycles. The zero-order chi connectivity index (χ0) is 16.6. The second kappa shape index (κ2) is 5.97. The van der Waals surface area contributed by atoms with Gasteiger partial charge in [0.1, 0.15) is 0 Å². The maximum Gasteiger partial charge on any atom is 0.237 e. The number of nitrogens with zero attached hydrogens (tertiary/aromatic N) is 2. The summed E-state index contributed by atoms with van der Waals surface area (Å²) in [6, 6.07) is 8.65. The average molecular weight is 327 g/mol. The summed E-state index contributed by atoms with van der Waals surface area (Å²) in [6.07, 6.45) is 5.86. The minimum Gasteiger partial charge on any atom is -0.381 e. The Morgan fingerprint density at radius 1 is 1.00 bits per heavy atom. The Hall–Kier alpha value is -1.72. The fourth-order valence-corrected chi connectivity index (χ4v) is 4.07. The second-order valence-electron chi connectivity index (χ2n) is 7.35. The Kier molecular flexibility index (Phi) is 3.93. The van der Waals surface area contributed by atoms with Gasteiger partial charge in [0.2, 0.25) is 5.89 Å². The first-order valence-corrected chi connectivity index (χ1v) is 8.91. The minimum atomic E-state index is -0.415. The molecule has 1 saturated carbocycles. The molecule has 0 bridgehead atoms. The maximum atomic E-state index is 6.52. The summed E-state index contributed by atoms with van der Waals surface area (Å²) < 4.78 is 11.4. The highest BCUT2D eigenvalue weighted by Gasteiger charge is 2.44. The van der Waals surface area contributed by atoms with Crippen molar-refractivity contribution in [1.29, 1.82) is 0 Å². The van der Waals surface area contributed by atoms with Gasteiger partial charge in [0.15, 0.2) is 5.82 Å². The molecule has 2 aliphatic rings. The van der Waals surface area contributed by atoms with Gasteiger partial charge in [-0.1, -0.05) is 47.8 Å². The molecule has 128 valence electrons. The van der Waals surface area contributed by atoms with E-state index in [-0.39, 0.29) is 5.41 Å². The summed E-state index contributed by atoms with van der Waals surface area (Å²) >= 11 is 0. The zero-order valence-corrected chi connectivity index (χ0v) is 14.3. The molecular formula is C19H25N3O2. The van der Waals surface area contributed by atoms with Crippen LogP contribution < -0.4 is 5.73 Å². The van der Waals surface area contributed by atoms with Gasteiger partial charge in [0.25, 0.3) is 0 Å². The van der Waals surface area contributed by atoms with E-state index >= 15 is 0 Å². The molecule has 0 spiro atoms. The quantitative estimate of drug-likeness (QED) is 0.937. The number of aromatic nitrogens is 2. The first-order valence-electron chi connectivity index (χ1n) is 8.91. The molecule has 1 saturated heterocycles. The first kappa shape index (κ1) is 15.8. The van der Waals surface area contributed by atoms with Crippen molar-refractivity contribution in [3.05, 3.63) is 47.1 Å². The van der Waals surface area contributed by atoms with Gasteiger partial charge in [-0.3, -0.25) is 0 Å². The lowest BCUT2D eigenvalue weighted by atomic mass is 9.74. The van der Waals surface area contributed by atoms with Crippen LogP contribution in [0.25, 0.3) is 0 Å². The van der Waals surface area contributed by atoms with Gasteiger partial charge in [0.05, 0.1) is 11.0 Å². The summed E-state index contributed by atoms with van der Waals surface area (Å²) in [5, 5.41) is 4.28. The molecule has 4 rings (SSSR count). The Bertz CT molecular complexity index is 696. The standard InChI is InChI=1S/C19H25N3O2/c1-14-4-6-15(7-5-14)18(10-12-23-13-11-18)17-21-16(22-24-17)19(20)8-2-3-9-19/h4-7H,2-3,8-13,20H2,1H3. The maximum absolute atomic E-state index is 6.52. The van der Waals surface area contributed by atoms with E-state index < -0.39 is 5.54 Å². The molecule has 1 aliphatic heterocycles. The molecular weight excluding hydrogens is 302 g/mol. The predicted octanol–water partition coefficient (Wildman–Crippen LogP) is 3.20. The van der Waals surface area contributed by atoms with E-state index in [1.54, 1.807) is 0 Å². The topological polar surface area (TPSA) is 74.2 Å². The number of hydrogen-bond acceptors (Lipinski definition) is 5. The second-order valence-corrected chi connectivity index (χ2v) is 7.35. The van der Waals surface area contributed by atoms with Gasteiger partial charge in [0, 0.05) is 13.2 Å². The van der Waals surface area contributed by atoms with Crippen molar-refractivity contribution in [2.24, 2.45) is 5.73 Å². The molecule has 1 aromatic carbocycles. The van der Waals surface area contributed by atoms with Crippen LogP contribution in [0.2, 0.25) is 0 Å². The molecule has 0 unspecified atom stereocenters. The fourth-order valence-electron chi connectivity index (χ4n) is 4.07. The van der Waals surface area contributed by atoms with Crippen LogP contribution in [0.4, 0.5) is 0 Å². The van der Waals surface area contributed by atoms with Crippen LogP contribution >= 0.6 is 0 Å². The fraction of sp³-hybridized carbons (Fsp3) is 0.579. The third-order valence-corrected chi connectivity index (χ3v) is 5.73. The van der Waals surface area contributed by atoms with Crippen LogP contribution in [-0.2, 0) is 15.7 Å². The Balaban J connectivity index is 1.74. The van der Waals surface area contributed by atoms with E-state index in [1.165, 1.54) is 11.1 Å². The number of aryl methyl sites for hydroxylation is 1. The normalized spacial score (nSPS) is 22.6. The number of nitrogens with two attached hydrogens (primary N) is 1. The molecule has 0 amide bonds. The van der Waals surface area contributed by atoms with Crippen molar-refractivity contribution < 1.29 is 9.26 Å². The molecule has 2 fully saturated rings. The summed E-state index contributed by atoms with van der Waals surface area (Å²) in [4.78, 5) is 4.80. The monoisotopic (exact) mass is 327 g/mol. The van der Waals surface area contributed by atoms with Crippen molar-refractivity contribution in [1.82, 2.24) is 10.1 Å². The van der Waals surface area contributed by atoms with E-state index in [0.717, 1.165) is 38.5 Å². The van der Waals surface area contributed by atoms with Crippen LogP contribution in [0.3, 0.4) is 0 Å². The molecule has 5 heteroatoms. The highest BCUT2D eigenvalue weighted by Crippen LogP contribution is 2.42. The minimum absolute atomic E-state index is 0.258. The lowest BCUT2D eigenvalue weighted by Gasteiger charge is -2.34. The van der Waals surface area contributed by atoms with E-state index in [4.69, 9.17) is 20.0 Å². The average Bonchev–Trinajstić information content (AvgIpc) is 3.26. The Morgan fingerprint density at radius 3 is 2.33 bits per heavy atom. The van der Waals surface area contributed by atoms with Gasteiger partial charge < -0.3 is 15.0 Å². The molecule has 2 N–H and O–H groups in total. The molecule has 2 aromatic rings. The highest BCUT2D eigenvalue weighted by atomic mass is 16.5. The van der Waals surface area contributed by atoms with Crippen molar-refractivity contribution in [2.45, 2.75) is 56.4 Å². The first-order chi connectivity index (χ1) is 11.6. The third kappa shape index (κ3) is 2.56. The molecule has 0 atom stereocenters. The molecule has 5 nitrogen and oxygen atoms in total. The third-order valence-electron chi connectivity index (χ3n) is 5.73. The van der Waals surface area contributed by atoms with Crippen molar-refractivity contribution in [3.63, 3.8) is 0 Å². The summed E-state index contributed by atoms with van der Waals surface area (Å²) in [6.45, 7) is 3.52. The lowest BCUT2D eigenvalue weighted by Crippen LogP contribution is -2.37. The van der Waals surface area contributed by atoms with Crippen molar-refractivity contribution >= 4 is 0 Å². The predicted molar refractivity (Wildman–Crippen MR) is 90.6 cm³/mol. The van der Waals surface area contributed by atoms with Crippen molar-refractivity contribution in [3.8, 4) is 0 Å². The molecule has 2 heterocycles. The Labute approximate surface area is 142 Å². The van der Waals surface area contributed by atoms with Crippen LogP contribution in [0.15, 0.2) is 28.8 Å². The van der Waals surface area contributed by atoms with Crippen LogP contribution in [0.5, 0.6) is 0 Å². The van der Waals surface area contributed by atoms with E-state index in [1.807, 2.05) is 0 Å². The smallest absolute Gasteiger partial charge is 0.237 e. The van der Waals surface area contributed by atoms with Crippen LogP contribution in [0.1, 0.15) is 61.4 Å². The molecule has 1 aromatic heterocycles. The molecule has 0 radical (unpaired) electrons. The van der Waals surface area contributed by atoms with Gasteiger partial charge in [-0.05, 0) is 38.2 Å². The summed E-state index contributed by atoms with van der Waals surface area (Å²) in [7, 11) is 0. The molecule has 24 heavy (non-hydrogen) atoms. The van der Waals surface area contributed by atoms with Crippen LogP contribution in [0, 0.1) is 6.92 Å². The summed E-state index contributed by atoms with van der Waals surface area (Å²) in [5.74, 6) is 1.37. The van der Waals surface area contributed by atoms with E-state index in [2.05, 4.69) is 36.3 Å². The Morgan fingerprint density at radius 2 is 1.67 bits per heavy atom. The lowest BCUT2D eigenvalue weighted by molar-refractivity contribution is 0.0523. The largest absolute Gasteiger partial charge is 0.381 e. The summed E-state index contributed by atoms with van der Waals surface area (Å²) in [5.41, 5.74) is 8.32. The van der Waals surface area contributed by atoms with Gasteiger partial charge >= 0.3 is 0 Å². The van der Waals surface area contributed by atoms with E-state index in [0.29, 0.717) is 24.9 Å².